The molecule has 4 heteroatoms. The van der Waals surface area contributed by atoms with Crippen LogP contribution in [0.4, 0.5) is 0 Å². The van der Waals surface area contributed by atoms with Crippen LogP contribution in [0.1, 0.15) is 35.2 Å². The fraction of sp³-hybridized carbons (Fsp3) is 0.500. The molecule has 2 N–H and O–H groups in total. The van der Waals surface area contributed by atoms with Crippen molar-refractivity contribution in [2.45, 2.75) is 32.2 Å². The summed E-state index contributed by atoms with van der Waals surface area (Å²) >= 11 is 6.01. The molecule has 0 bridgehead atoms. The van der Waals surface area contributed by atoms with Gasteiger partial charge in [-0.3, -0.25) is 4.79 Å². The third-order valence-corrected chi connectivity index (χ3v) is 3.78. The average molecular weight is 267 g/mol. The first-order chi connectivity index (χ1) is 8.66. The summed E-state index contributed by atoms with van der Waals surface area (Å²) < 4.78 is 0. The lowest BCUT2D eigenvalue weighted by Gasteiger charge is -2.11. The third kappa shape index (κ3) is 3.47. The van der Waals surface area contributed by atoms with Crippen molar-refractivity contribution in [3.63, 3.8) is 0 Å². The summed E-state index contributed by atoms with van der Waals surface area (Å²) in [6, 6.07) is 5.96. The van der Waals surface area contributed by atoms with Crippen LogP contribution in [-0.2, 0) is 0 Å². The van der Waals surface area contributed by atoms with Crippen LogP contribution in [0.15, 0.2) is 18.2 Å². The highest BCUT2D eigenvalue weighted by Gasteiger charge is 2.14. The van der Waals surface area contributed by atoms with Gasteiger partial charge in [0.2, 0.25) is 0 Å². The van der Waals surface area contributed by atoms with E-state index in [2.05, 4.69) is 10.6 Å². The van der Waals surface area contributed by atoms with Gasteiger partial charge in [0, 0.05) is 23.2 Å². The lowest BCUT2D eigenvalue weighted by molar-refractivity contribution is 0.0952. The van der Waals surface area contributed by atoms with E-state index in [-0.39, 0.29) is 5.91 Å². The summed E-state index contributed by atoms with van der Waals surface area (Å²) in [6.45, 7) is 3.74. The molecule has 0 aliphatic carbocycles. The molecule has 1 aliphatic rings. The van der Waals surface area contributed by atoms with Crippen molar-refractivity contribution < 1.29 is 4.79 Å². The Morgan fingerprint density at radius 1 is 1.56 bits per heavy atom. The van der Waals surface area contributed by atoms with Gasteiger partial charge in [-0.2, -0.15) is 0 Å². The smallest absolute Gasteiger partial charge is 0.251 e. The molecule has 18 heavy (non-hydrogen) atoms. The molecule has 1 saturated heterocycles. The van der Waals surface area contributed by atoms with E-state index >= 15 is 0 Å². The highest BCUT2D eigenvalue weighted by molar-refractivity contribution is 6.31. The second kappa shape index (κ2) is 6.21. The van der Waals surface area contributed by atoms with E-state index in [1.54, 1.807) is 6.07 Å². The van der Waals surface area contributed by atoms with Crippen LogP contribution in [0.25, 0.3) is 0 Å². The van der Waals surface area contributed by atoms with Crippen LogP contribution in [0.2, 0.25) is 5.02 Å². The number of nitrogens with one attached hydrogen (secondary N) is 2. The Hall–Kier alpha value is -1.06. The van der Waals surface area contributed by atoms with E-state index < -0.39 is 0 Å². The largest absolute Gasteiger partial charge is 0.352 e. The van der Waals surface area contributed by atoms with Crippen LogP contribution in [-0.4, -0.2) is 25.0 Å². The molecule has 1 atom stereocenters. The van der Waals surface area contributed by atoms with Gasteiger partial charge in [0.05, 0.1) is 0 Å². The quantitative estimate of drug-likeness (QED) is 0.879. The second-order valence-corrected chi connectivity index (χ2v) is 5.21. The molecule has 1 aromatic rings. The number of carbonyl (C=O) groups excluding carboxylic acids is 1. The van der Waals surface area contributed by atoms with E-state index in [0.29, 0.717) is 23.2 Å². The van der Waals surface area contributed by atoms with Crippen molar-refractivity contribution in [2.24, 2.45) is 0 Å². The third-order valence-electron chi connectivity index (χ3n) is 3.37. The average Bonchev–Trinajstić information content (AvgIpc) is 2.85. The Bertz CT molecular complexity index is 428. The molecule has 3 nitrogen and oxygen atoms in total. The molecule has 1 aliphatic heterocycles. The highest BCUT2D eigenvalue weighted by atomic mass is 35.5. The molecule has 2 rings (SSSR count). The van der Waals surface area contributed by atoms with Gasteiger partial charge in [-0.25, -0.2) is 0 Å². The number of hydrogen-bond acceptors (Lipinski definition) is 2. The lowest BCUT2D eigenvalue weighted by Crippen LogP contribution is -2.30. The van der Waals surface area contributed by atoms with Gasteiger partial charge in [-0.1, -0.05) is 17.7 Å². The SMILES string of the molecule is Cc1ccc(C(=O)NCC[C@H]2CCCN2)cc1Cl. The zero-order valence-electron chi connectivity index (χ0n) is 10.6. The van der Waals surface area contributed by atoms with Crippen LogP contribution in [0, 0.1) is 6.92 Å². The molecule has 0 saturated carbocycles. The molecule has 98 valence electrons. The summed E-state index contributed by atoms with van der Waals surface area (Å²) in [5.74, 6) is -0.0464. The van der Waals surface area contributed by atoms with Crippen LogP contribution in [0.5, 0.6) is 0 Å². The van der Waals surface area contributed by atoms with Crippen LogP contribution in [0.3, 0.4) is 0 Å². The summed E-state index contributed by atoms with van der Waals surface area (Å²) in [6.07, 6.45) is 3.45. The van der Waals surface area contributed by atoms with E-state index in [0.717, 1.165) is 18.5 Å². The first-order valence-electron chi connectivity index (χ1n) is 6.44. The van der Waals surface area contributed by atoms with Crippen molar-refractivity contribution in [2.75, 3.05) is 13.1 Å². The number of hydrogen-bond donors (Lipinski definition) is 2. The maximum absolute atomic E-state index is 11.9. The van der Waals surface area contributed by atoms with Crippen molar-refractivity contribution in [3.8, 4) is 0 Å². The maximum Gasteiger partial charge on any atom is 0.251 e. The Kier molecular flexibility index (Phi) is 4.61. The Balaban J connectivity index is 1.81. The van der Waals surface area contributed by atoms with Gasteiger partial charge in [0.15, 0.2) is 0 Å². The van der Waals surface area contributed by atoms with Crippen molar-refractivity contribution in [3.05, 3.63) is 34.3 Å². The fourth-order valence-corrected chi connectivity index (χ4v) is 2.38. The summed E-state index contributed by atoms with van der Waals surface area (Å²) in [5, 5.41) is 6.99. The van der Waals surface area contributed by atoms with Crippen LogP contribution >= 0.6 is 11.6 Å². The van der Waals surface area contributed by atoms with Gasteiger partial charge in [-0.15, -0.1) is 0 Å². The molecule has 1 heterocycles. The first-order valence-corrected chi connectivity index (χ1v) is 6.82. The second-order valence-electron chi connectivity index (χ2n) is 4.80. The molecule has 1 aromatic carbocycles. The van der Waals surface area contributed by atoms with E-state index in [1.165, 1.54) is 12.8 Å². The van der Waals surface area contributed by atoms with Crippen LogP contribution < -0.4 is 10.6 Å². The first kappa shape index (κ1) is 13.4. The Morgan fingerprint density at radius 3 is 3.06 bits per heavy atom. The number of carbonyl (C=O) groups is 1. The van der Waals surface area contributed by atoms with Gasteiger partial charge >= 0.3 is 0 Å². The molecule has 1 fully saturated rings. The van der Waals surface area contributed by atoms with Gasteiger partial charge in [0.25, 0.3) is 5.91 Å². The van der Waals surface area contributed by atoms with Gasteiger partial charge in [-0.05, 0) is 50.4 Å². The zero-order valence-corrected chi connectivity index (χ0v) is 11.4. The molecule has 0 unspecified atom stereocenters. The van der Waals surface area contributed by atoms with E-state index in [9.17, 15) is 4.79 Å². The topological polar surface area (TPSA) is 41.1 Å². The standard InChI is InChI=1S/C14H19ClN2O/c1-10-4-5-11(9-13(10)15)14(18)17-8-6-12-3-2-7-16-12/h4-5,9,12,16H,2-3,6-8H2,1H3,(H,17,18)/t12-/m1/s1. The predicted molar refractivity (Wildman–Crippen MR) is 74.2 cm³/mol. The molecule has 1 amide bonds. The Labute approximate surface area is 113 Å². The van der Waals surface area contributed by atoms with Gasteiger partial charge in [0.1, 0.15) is 0 Å². The molecular weight excluding hydrogens is 248 g/mol. The minimum atomic E-state index is -0.0464. The monoisotopic (exact) mass is 266 g/mol. The maximum atomic E-state index is 11.9. The molecular formula is C14H19ClN2O. The Morgan fingerprint density at radius 2 is 2.39 bits per heavy atom. The van der Waals surface area contributed by atoms with Crippen molar-refractivity contribution in [1.29, 1.82) is 0 Å². The highest BCUT2D eigenvalue weighted by Crippen LogP contribution is 2.16. The molecule has 0 spiro atoms. The van der Waals surface area contributed by atoms with Gasteiger partial charge < -0.3 is 10.6 Å². The zero-order chi connectivity index (χ0) is 13.0. The molecule has 0 aromatic heterocycles. The number of amides is 1. The lowest BCUT2D eigenvalue weighted by atomic mass is 10.1. The molecule has 0 radical (unpaired) electrons. The summed E-state index contributed by atoms with van der Waals surface area (Å²) in [4.78, 5) is 11.9. The summed E-state index contributed by atoms with van der Waals surface area (Å²) in [5.41, 5.74) is 1.62. The fourth-order valence-electron chi connectivity index (χ4n) is 2.20. The normalized spacial score (nSPS) is 18.9. The summed E-state index contributed by atoms with van der Waals surface area (Å²) in [7, 11) is 0. The number of rotatable bonds is 4. The number of benzene rings is 1. The predicted octanol–water partition coefficient (Wildman–Crippen LogP) is 2.52. The van der Waals surface area contributed by atoms with Crippen molar-refractivity contribution >= 4 is 17.5 Å². The van der Waals surface area contributed by atoms with Crippen molar-refractivity contribution in [1.82, 2.24) is 10.6 Å². The number of aryl methyl sites for hydroxylation is 1. The van der Waals surface area contributed by atoms with E-state index in [1.807, 2.05) is 19.1 Å². The van der Waals surface area contributed by atoms with E-state index in [4.69, 9.17) is 11.6 Å². The minimum Gasteiger partial charge on any atom is -0.352 e. The number of halogens is 1. The minimum absolute atomic E-state index is 0.0464.